The molecule has 3 saturated carbocycles. The van der Waals surface area contributed by atoms with E-state index in [1.165, 1.54) is 32.1 Å². The van der Waals surface area contributed by atoms with Crippen molar-refractivity contribution in [1.82, 2.24) is 0 Å². The van der Waals surface area contributed by atoms with Crippen LogP contribution in [0.25, 0.3) is 0 Å². The number of ether oxygens (including phenoxy) is 2. The third-order valence-corrected chi connectivity index (χ3v) is 6.88. The van der Waals surface area contributed by atoms with Crippen LogP contribution in [0, 0.1) is 35.0 Å². The van der Waals surface area contributed by atoms with Crippen molar-refractivity contribution in [2.24, 2.45) is 35.0 Å². The number of hydrogen-bond acceptors (Lipinski definition) is 3. The minimum Gasteiger partial charge on any atom is -0.435 e. The lowest BCUT2D eigenvalue weighted by molar-refractivity contribution is -0.217. The summed E-state index contributed by atoms with van der Waals surface area (Å²) in [5.74, 6) is 3.51. The van der Waals surface area contributed by atoms with Crippen molar-refractivity contribution < 1.29 is 14.3 Å². The van der Waals surface area contributed by atoms with Gasteiger partial charge in [0, 0.05) is 5.92 Å². The predicted molar refractivity (Wildman–Crippen MR) is 90.7 cm³/mol. The highest BCUT2D eigenvalue weighted by molar-refractivity contribution is 5.75. The lowest BCUT2D eigenvalue weighted by Gasteiger charge is -2.35. The van der Waals surface area contributed by atoms with Crippen LogP contribution in [0.1, 0.15) is 73.1 Å². The molecular formula is C20H34O3. The maximum absolute atomic E-state index is 12.4. The average Bonchev–Trinajstić information content (AvgIpc) is 3.18. The second-order valence-electron chi connectivity index (χ2n) is 9.08. The Bertz CT molecular complexity index is 442. The van der Waals surface area contributed by atoms with Gasteiger partial charge in [-0.3, -0.25) is 4.79 Å². The summed E-state index contributed by atoms with van der Waals surface area (Å²) in [5.41, 5.74) is -0.429. The van der Waals surface area contributed by atoms with E-state index in [0.29, 0.717) is 12.0 Å². The monoisotopic (exact) mass is 322 g/mol. The first-order chi connectivity index (χ1) is 10.8. The van der Waals surface area contributed by atoms with Crippen molar-refractivity contribution >= 4 is 5.97 Å². The zero-order chi connectivity index (χ0) is 16.8. The van der Waals surface area contributed by atoms with Crippen molar-refractivity contribution in [3.8, 4) is 0 Å². The molecule has 6 atom stereocenters. The third kappa shape index (κ3) is 3.18. The highest BCUT2D eigenvalue weighted by atomic mass is 16.7. The minimum absolute atomic E-state index is 0.124. The summed E-state index contributed by atoms with van der Waals surface area (Å²) in [5, 5.41) is 0. The first-order valence-corrected chi connectivity index (χ1v) is 9.70. The van der Waals surface area contributed by atoms with Crippen molar-refractivity contribution in [3.05, 3.63) is 0 Å². The Morgan fingerprint density at radius 1 is 1.13 bits per heavy atom. The van der Waals surface area contributed by atoms with Gasteiger partial charge in [0.25, 0.3) is 0 Å². The number of carbonyl (C=O) groups excluding carboxylic acids is 1. The summed E-state index contributed by atoms with van der Waals surface area (Å²) in [6.45, 7) is 10.1. The molecule has 0 amide bonds. The number of fused-ring (bicyclic) bond motifs is 5. The molecule has 3 aliphatic carbocycles. The van der Waals surface area contributed by atoms with E-state index >= 15 is 0 Å². The third-order valence-electron chi connectivity index (χ3n) is 6.88. The second kappa shape index (κ2) is 6.38. The Balaban J connectivity index is 1.61. The van der Waals surface area contributed by atoms with Crippen molar-refractivity contribution in [2.75, 3.05) is 0 Å². The van der Waals surface area contributed by atoms with E-state index in [2.05, 4.69) is 13.8 Å². The van der Waals surface area contributed by atoms with Crippen molar-refractivity contribution in [2.45, 2.75) is 85.5 Å². The average molecular weight is 322 g/mol. The predicted octanol–water partition coefficient (Wildman–Crippen LogP) is 4.79. The van der Waals surface area contributed by atoms with Crippen LogP contribution in [0.15, 0.2) is 0 Å². The highest BCUT2D eigenvalue weighted by Gasteiger charge is 2.55. The van der Waals surface area contributed by atoms with E-state index in [1.807, 2.05) is 20.8 Å². The summed E-state index contributed by atoms with van der Waals surface area (Å²) in [4.78, 5) is 12.4. The van der Waals surface area contributed by atoms with Gasteiger partial charge in [-0.2, -0.15) is 0 Å². The fraction of sp³-hybridized carbons (Fsp3) is 0.950. The molecule has 0 radical (unpaired) electrons. The zero-order valence-corrected chi connectivity index (χ0v) is 15.5. The number of hydrogen-bond donors (Lipinski definition) is 0. The number of carbonyl (C=O) groups is 1. The molecular weight excluding hydrogens is 288 g/mol. The summed E-state index contributed by atoms with van der Waals surface area (Å²) < 4.78 is 12.2. The normalized spacial score (nSPS) is 37.2. The van der Waals surface area contributed by atoms with Crippen LogP contribution >= 0.6 is 0 Å². The highest BCUT2D eigenvalue weighted by Crippen LogP contribution is 2.59. The van der Waals surface area contributed by atoms with Gasteiger partial charge in [-0.1, -0.05) is 27.2 Å². The van der Waals surface area contributed by atoms with Crippen LogP contribution in [0.5, 0.6) is 0 Å². The van der Waals surface area contributed by atoms with Crippen molar-refractivity contribution in [1.29, 1.82) is 0 Å². The van der Waals surface area contributed by atoms with Crippen LogP contribution in [-0.4, -0.2) is 18.4 Å². The minimum atomic E-state index is -0.429. The SMILES string of the molecule is CCC(C)(C)C(=O)OC(OC1CC2CC1C1CCCC21)C(C)C. The molecule has 2 bridgehead atoms. The number of rotatable bonds is 6. The molecule has 3 aliphatic rings. The molecule has 0 aromatic rings. The Morgan fingerprint density at radius 3 is 2.48 bits per heavy atom. The maximum atomic E-state index is 12.4. The van der Waals surface area contributed by atoms with Crippen LogP contribution in [-0.2, 0) is 14.3 Å². The lowest BCUT2D eigenvalue weighted by Crippen LogP contribution is -2.39. The Kier molecular flexibility index (Phi) is 4.79. The topological polar surface area (TPSA) is 35.5 Å². The summed E-state index contributed by atoms with van der Waals surface area (Å²) in [7, 11) is 0. The molecule has 132 valence electrons. The largest absolute Gasteiger partial charge is 0.435 e. The van der Waals surface area contributed by atoms with Crippen LogP contribution < -0.4 is 0 Å². The molecule has 6 unspecified atom stereocenters. The van der Waals surface area contributed by atoms with Crippen molar-refractivity contribution in [3.63, 3.8) is 0 Å². The fourth-order valence-corrected chi connectivity index (χ4v) is 5.06. The summed E-state index contributed by atoms with van der Waals surface area (Å²) >= 11 is 0. The summed E-state index contributed by atoms with van der Waals surface area (Å²) in [6.07, 6.45) is 7.47. The second-order valence-corrected chi connectivity index (χ2v) is 9.08. The molecule has 0 saturated heterocycles. The summed E-state index contributed by atoms with van der Waals surface area (Å²) in [6, 6.07) is 0. The maximum Gasteiger partial charge on any atom is 0.313 e. The van der Waals surface area contributed by atoms with E-state index < -0.39 is 11.7 Å². The van der Waals surface area contributed by atoms with Gasteiger partial charge in [-0.05, 0) is 69.6 Å². The van der Waals surface area contributed by atoms with E-state index in [9.17, 15) is 4.79 Å². The molecule has 3 nitrogen and oxygen atoms in total. The van der Waals surface area contributed by atoms with Gasteiger partial charge in [-0.15, -0.1) is 0 Å². The first kappa shape index (κ1) is 17.3. The van der Waals surface area contributed by atoms with Gasteiger partial charge in [0.1, 0.15) is 0 Å². The van der Waals surface area contributed by atoms with Gasteiger partial charge in [0.15, 0.2) is 0 Å². The van der Waals surface area contributed by atoms with Gasteiger partial charge in [0.2, 0.25) is 6.29 Å². The van der Waals surface area contributed by atoms with Crippen LogP contribution in [0.4, 0.5) is 0 Å². The zero-order valence-electron chi connectivity index (χ0n) is 15.5. The standard InChI is InChI=1S/C20H34O3/c1-6-20(4,5)19(21)23-18(12(2)3)22-17-11-13-10-16(17)15-9-7-8-14(13)15/h12-18H,6-11H2,1-5H3. The molecule has 0 aromatic heterocycles. The molecule has 0 heterocycles. The molecule has 23 heavy (non-hydrogen) atoms. The molecule has 3 fully saturated rings. The molecule has 0 aromatic carbocycles. The van der Waals surface area contributed by atoms with Gasteiger partial charge >= 0.3 is 5.97 Å². The van der Waals surface area contributed by atoms with Crippen LogP contribution in [0.3, 0.4) is 0 Å². The van der Waals surface area contributed by atoms with E-state index in [1.54, 1.807) is 0 Å². The molecule has 3 rings (SSSR count). The van der Waals surface area contributed by atoms with E-state index in [-0.39, 0.29) is 11.9 Å². The first-order valence-electron chi connectivity index (χ1n) is 9.70. The Labute approximate surface area is 141 Å². The fourth-order valence-electron chi connectivity index (χ4n) is 5.06. The quantitative estimate of drug-likeness (QED) is 0.521. The van der Waals surface area contributed by atoms with E-state index in [4.69, 9.17) is 9.47 Å². The van der Waals surface area contributed by atoms with Gasteiger partial charge in [0.05, 0.1) is 11.5 Å². The van der Waals surface area contributed by atoms with E-state index in [0.717, 1.165) is 24.2 Å². The molecule has 0 N–H and O–H groups in total. The van der Waals surface area contributed by atoms with Crippen LogP contribution in [0.2, 0.25) is 0 Å². The lowest BCUT2D eigenvalue weighted by atomic mass is 9.80. The molecule has 0 spiro atoms. The smallest absolute Gasteiger partial charge is 0.313 e. The molecule has 0 aliphatic heterocycles. The van der Waals surface area contributed by atoms with Gasteiger partial charge < -0.3 is 9.47 Å². The Morgan fingerprint density at radius 2 is 1.83 bits per heavy atom. The molecule has 3 heteroatoms. The number of esters is 1. The van der Waals surface area contributed by atoms with Gasteiger partial charge in [-0.25, -0.2) is 0 Å². The Hall–Kier alpha value is -0.570.